The van der Waals surface area contributed by atoms with Crippen LogP contribution in [0.2, 0.25) is 0 Å². The molecule has 2 unspecified atom stereocenters. The van der Waals surface area contributed by atoms with E-state index in [1.54, 1.807) is 19.1 Å². The van der Waals surface area contributed by atoms with Gasteiger partial charge in [0.1, 0.15) is 0 Å². The maximum atomic E-state index is 12.0. The summed E-state index contributed by atoms with van der Waals surface area (Å²) in [5, 5.41) is 5.71. The van der Waals surface area contributed by atoms with Gasteiger partial charge in [0, 0.05) is 37.2 Å². The highest BCUT2D eigenvalue weighted by molar-refractivity contribution is 5.94. The average molecular weight is 393 g/mol. The topological polar surface area (TPSA) is 87.5 Å². The minimum absolute atomic E-state index is 0. The maximum Gasteiger partial charge on any atom is 0.251 e. The van der Waals surface area contributed by atoms with Crippen molar-refractivity contribution in [1.29, 1.82) is 0 Å². The molecular weight excluding hydrogens is 363 g/mol. The number of nitrogens with two attached hydrogens (primary N) is 1. The first-order chi connectivity index (χ1) is 10.8. The molecule has 0 fully saturated rings. The van der Waals surface area contributed by atoms with Gasteiger partial charge in [-0.15, -0.1) is 24.8 Å². The zero-order chi connectivity index (χ0) is 17.4. The van der Waals surface area contributed by atoms with Crippen LogP contribution in [0.3, 0.4) is 0 Å². The summed E-state index contributed by atoms with van der Waals surface area (Å²) in [6, 6.07) is 7.04. The number of nitrogens with zero attached hydrogens (tertiary/aromatic N) is 1. The summed E-state index contributed by atoms with van der Waals surface area (Å²) in [5.74, 6) is -0.379. The number of likely N-dealkylation sites (N-methyl/N-ethyl adjacent to an activating group) is 1. The molecule has 4 N–H and O–H groups in total. The molecule has 0 radical (unpaired) electrons. The predicted molar refractivity (Wildman–Crippen MR) is 106 cm³/mol. The van der Waals surface area contributed by atoms with Crippen molar-refractivity contribution in [3.63, 3.8) is 0 Å². The number of hydrogen-bond acceptors (Lipinski definition) is 4. The molecule has 1 rings (SSSR count). The molecule has 1 aromatic carbocycles. The van der Waals surface area contributed by atoms with Crippen LogP contribution in [0.25, 0.3) is 0 Å². The van der Waals surface area contributed by atoms with Crippen molar-refractivity contribution >= 4 is 36.6 Å². The molecule has 144 valence electrons. The second kappa shape index (κ2) is 12.9. The third-order valence-corrected chi connectivity index (χ3v) is 3.73. The van der Waals surface area contributed by atoms with E-state index in [-0.39, 0.29) is 48.6 Å². The van der Waals surface area contributed by atoms with Crippen LogP contribution in [0.1, 0.15) is 29.8 Å². The van der Waals surface area contributed by atoms with Crippen LogP contribution in [0.5, 0.6) is 0 Å². The van der Waals surface area contributed by atoms with Gasteiger partial charge in [0.2, 0.25) is 5.91 Å². The van der Waals surface area contributed by atoms with E-state index in [1.165, 1.54) is 0 Å². The lowest BCUT2D eigenvalue weighted by molar-refractivity contribution is -0.125. The fourth-order valence-electron chi connectivity index (χ4n) is 1.86. The van der Waals surface area contributed by atoms with Gasteiger partial charge in [-0.25, -0.2) is 0 Å². The lowest BCUT2D eigenvalue weighted by atomic mass is 10.0. The van der Waals surface area contributed by atoms with Crippen molar-refractivity contribution in [2.45, 2.75) is 26.4 Å². The van der Waals surface area contributed by atoms with Crippen molar-refractivity contribution in [3.05, 3.63) is 35.4 Å². The van der Waals surface area contributed by atoms with Gasteiger partial charge >= 0.3 is 0 Å². The predicted octanol–water partition coefficient (Wildman–Crippen LogP) is 1.42. The van der Waals surface area contributed by atoms with Gasteiger partial charge < -0.3 is 21.3 Å². The van der Waals surface area contributed by atoms with Crippen LogP contribution in [0.4, 0.5) is 0 Å². The molecular formula is C17H30Cl2N4O2. The number of benzene rings is 1. The fraction of sp³-hybridized carbons (Fsp3) is 0.529. The molecule has 2 atom stereocenters. The lowest BCUT2D eigenvalue weighted by Gasteiger charge is -2.15. The number of halogens is 2. The molecule has 0 bridgehead atoms. The van der Waals surface area contributed by atoms with Crippen LogP contribution in [0, 0.1) is 5.92 Å². The van der Waals surface area contributed by atoms with Gasteiger partial charge in [-0.3, -0.25) is 9.59 Å². The molecule has 0 spiro atoms. The Bertz CT molecular complexity index is 522. The lowest BCUT2D eigenvalue weighted by Crippen LogP contribution is -2.38. The van der Waals surface area contributed by atoms with Crippen molar-refractivity contribution < 1.29 is 9.59 Å². The Morgan fingerprint density at radius 3 is 2.12 bits per heavy atom. The largest absolute Gasteiger partial charge is 0.352 e. The van der Waals surface area contributed by atoms with Gasteiger partial charge in [-0.2, -0.15) is 0 Å². The SMILES string of the molecule is CC(N)C(C)C(=O)NCc1ccc(C(=O)NCCN(C)C)cc1.Cl.Cl. The Labute approximate surface area is 162 Å². The van der Waals surface area contributed by atoms with E-state index in [0.717, 1.165) is 12.1 Å². The van der Waals surface area contributed by atoms with Gasteiger partial charge in [-0.1, -0.05) is 19.1 Å². The zero-order valence-corrected chi connectivity index (χ0v) is 16.9. The van der Waals surface area contributed by atoms with Crippen LogP contribution >= 0.6 is 24.8 Å². The van der Waals surface area contributed by atoms with Gasteiger partial charge in [-0.05, 0) is 38.7 Å². The van der Waals surface area contributed by atoms with E-state index < -0.39 is 0 Å². The number of carbonyl (C=O) groups is 2. The van der Waals surface area contributed by atoms with E-state index in [1.807, 2.05) is 38.1 Å². The number of amides is 2. The third kappa shape index (κ3) is 9.65. The molecule has 0 aliphatic heterocycles. The highest BCUT2D eigenvalue weighted by Crippen LogP contribution is 2.06. The Morgan fingerprint density at radius 2 is 1.64 bits per heavy atom. The monoisotopic (exact) mass is 392 g/mol. The standard InChI is InChI=1S/C17H28N4O2.2ClH/c1-12(13(2)18)16(22)20-11-14-5-7-15(8-6-14)17(23)19-9-10-21(3)4;;/h5-8,12-13H,9-11,18H2,1-4H3,(H,19,23)(H,20,22);2*1H. The maximum absolute atomic E-state index is 12.0. The zero-order valence-electron chi connectivity index (χ0n) is 15.2. The second-order valence-electron chi connectivity index (χ2n) is 6.12. The first-order valence-corrected chi connectivity index (χ1v) is 7.86. The Morgan fingerprint density at radius 1 is 1.08 bits per heavy atom. The molecule has 0 heterocycles. The van der Waals surface area contributed by atoms with E-state index in [9.17, 15) is 9.59 Å². The smallest absolute Gasteiger partial charge is 0.251 e. The molecule has 0 saturated heterocycles. The van der Waals surface area contributed by atoms with Crippen LogP contribution in [0.15, 0.2) is 24.3 Å². The van der Waals surface area contributed by atoms with Crippen LogP contribution in [-0.2, 0) is 11.3 Å². The molecule has 6 nitrogen and oxygen atoms in total. The first-order valence-electron chi connectivity index (χ1n) is 7.86. The van der Waals surface area contributed by atoms with E-state index in [0.29, 0.717) is 18.7 Å². The Hall–Kier alpha value is -1.34. The second-order valence-corrected chi connectivity index (χ2v) is 6.12. The molecule has 2 amide bonds. The average Bonchev–Trinajstić information content (AvgIpc) is 2.51. The van der Waals surface area contributed by atoms with Gasteiger partial charge in [0.05, 0.1) is 0 Å². The Kier molecular flexibility index (Phi) is 13.4. The number of hydrogen-bond donors (Lipinski definition) is 3. The molecule has 0 saturated carbocycles. The van der Waals surface area contributed by atoms with Crippen LogP contribution < -0.4 is 16.4 Å². The van der Waals surface area contributed by atoms with Crippen molar-refractivity contribution in [1.82, 2.24) is 15.5 Å². The van der Waals surface area contributed by atoms with Crippen LogP contribution in [-0.4, -0.2) is 49.9 Å². The summed E-state index contributed by atoms with van der Waals surface area (Å²) >= 11 is 0. The van der Waals surface area contributed by atoms with E-state index in [4.69, 9.17) is 5.73 Å². The minimum Gasteiger partial charge on any atom is -0.352 e. The van der Waals surface area contributed by atoms with Crippen molar-refractivity contribution in [2.24, 2.45) is 11.7 Å². The van der Waals surface area contributed by atoms with E-state index >= 15 is 0 Å². The first kappa shape index (κ1) is 25.9. The Balaban J connectivity index is 0. The molecule has 0 aliphatic carbocycles. The summed E-state index contributed by atoms with van der Waals surface area (Å²) in [4.78, 5) is 25.8. The fourth-order valence-corrected chi connectivity index (χ4v) is 1.86. The summed E-state index contributed by atoms with van der Waals surface area (Å²) in [5.41, 5.74) is 7.27. The molecule has 1 aromatic rings. The molecule has 8 heteroatoms. The van der Waals surface area contributed by atoms with Gasteiger partial charge in [0.15, 0.2) is 0 Å². The molecule has 25 heavy (non-hydrogen) atoms. The number of rotatable bonds is 8. The summed E-state index contributed by atoms with van der Waals surface area (Å²) < 4.78 is 0. The highest BCUT2D eigenvalue weighted by atomic mass is 35.5. The number of carbonyl (C=O) groups excluding carboxylic acids is 2. The quantitative estimate of drug-likeness (QED) is 0.624. The van der Waals surface area contributed by atoms with E-state index in [2.05, 4.69) is 10.6 Å². The number of nitrogens with one attached hydrogen (secondary N) is 2. The van der Waals surface area contributed by atoms with Crippen molar-refractivity contribution in [2.75, 3.05) is 27.2 Å². The summed E-state index contributed by atoms with van der Waals surface area (Å²) in [6.45, 7) is 5.46. The summed E-state index contributed by atoms with van der Waals surface area (Å²) in [6.07, 6.45) is 0. The highest BCUT2D eigenvalue weighted by Gasteiger charge is 2.16. The van der Waals surface area contributed by atoms with Gasteiger partial charge in [0.25, 0.3) is 5.91 Å². The summed E-state index contributed by atoms with van der Waals surface area (Å²) in [7, 11) is 3.92. The normalized spacial score (nSPS) is 12.4. The third-order valence-electron chi connectivity index (χ3n) is 3.73. The molecule has 0 aliphatic rings. The minimum atomic E-state index is -0.225. The molecule has 0 aromatic heterocycles. The van der Waals surface area contributed by atoms with Crippen molar-refractivity contribution in [3.8, 4) is 0 Å².